The van der Waals surface area contributed by atoms with Crippen molar-refractivity contribution < 1.29 is 9.18 Å². The van der Waals surface area contributed by atoms with E-state index in [4.69, 9.17) is 0 Å². The molecule has 25 heavy (non-hydrogen) atoms. The Morgan fingerprint density at radius 2 is 1.88 bits per heavy atom. The number of thioether (sulfide) groups is 1. The van der Waals surface area contributed by atoms with Crippen LogP contribution in [0, 0.1) is 5.82 Å². The predicted molar refractivity (Wildman–Crippen MR) is 96.7 cm³/mol. The van der Waals surface area contributed by atoms with Crippen LogP contribution in [-0.4, -0.2) is 21.2 Å². The number of carbonyl (C=O) groups excluding carboxylic acids is 1. The third-order valence-corrected chi connectivity index (χ3v) is 4.68. The molecule has 3 aromatic rings. The van der Waals surface area contributed by atoms with Gasteiger partial charge in [-0.25, -0.2) is 9.37 Å². The molecule has 0 radical (unpaired) electrons. The molecule has 0 bridgehead atoms. The monoisotopic (exact) mass is 355 g/mol. The number of rotatable bonds is 7. The summed E-state index contributed by atoms with van der Waals surface area (Å²) in [5.74, 6) is -0.218. The number of benzene rings is 2. The quantitative estimate of drug-likeness (QED) is 0.660. The molecule has 4 nitrogen and oxygen atoms in total. The molecule has 0 atom stereocenters. The van der Waals surface area contributed by atoms with E-state index < -0.39 is 0 Å². The van der Waals surface area contributed by atoms with Gasteiger partial charge in [0, 0.05) is 30.4 Å². The van der Waals surface area contributed by atoms with E-state index in [-0.39, 0.29) is 17.5 Å². The van der Waals surface area contributed by atoms with Gasteiger partial charge in [-0.2, -0.15) is 0 Å². The van der Waals surface area contributed by atoms with E-state index in [1.54, 1.807) is 30.7 Å². The fourth-order valence-electron chi connectivity index (χ4n) is 2.31. The van der Waals surface area contributed by atoms with Crippen LogP contribution in [-0.2, 0) is 17.9 Å². The second-order valence-electron chi connectivity index (χ2n) is 5.55. The van der Waals surface area contributed by atoms with Gasteiger partial charge >= 0.3 is 0 Å². The maximum absolute atomic E-state index is 13.5. The zero-order valence-corrected chi connectivity index (χ0v) is 14.4. The summed E-state index contributed by atoms with van der Waals surface area (Å²) in [6.07, 6.45) is 5.45. The summed E-state index contributed by atoms with van der Waals surface area (Å²) in [5.41, 5.74) is 2.20. The SMILES string of the molecule is O=C(CSc1ccccc1F)NCc1ccc(Cn2ccnc2)cc1. The van der Waals surface area contributed by atoms with Gasteiger partial charge in [0.1, 0.15) is 5.82 Å². The van der Waals surface area contributed by atoms with E-state index in [0.717, 1.165) is 12.1 Å². The minimum absolute atomic E-state index is 0.115. The van der Waals surface area contributed by atoms with Crippen LogP contribution >= 0.6 is 11.8 Å². The topological polar surface area (TPSA) is 46.9 Å². The first-order valence-corrected chi connectivity index (χ1v) is 8.87. The van der Waals surface area contributed by atoms with Gasteiger partial charge in [-0.15, -0.1) is 11.8 Å². The lowest BCUT2D eigenvalue weighted by Crippen LogP contribution is -2.24. The summed E-state index contributed by atoms with van der Waals surface area (Å²) in [7, 11) is 0. The van der Waals surface area contributed by atoms with Gasteiger partial charge in [-0.05, 0) is 23.3 Å². The number of aromatic nitrogens is 2. The smallest absolute Gasteiger partial charge is 0.230 e. The molecule has 0 saturated heterocycles. The van der Waals surface area contributed by atoms with Crippen LogP contribution in [0.5, 0.6) is 0 Å². The van der Waals surface area contributed by atoms with Crippen molar-refractivity contribution in [2.45, 2.75) is 18.0 Å². The van der Waals surface area contributed by atoms with Gasteiger partial charge in [0.05, 0.1) is 12.1 Å². The van der Waals surface area contributed by atoms with Crippen LogP contribution in [0.1, 0.15) is 11.1 Å². The fourth-order valence-corrected chi connectivity index (χ4v) is 3.08. The van der Waals surface area contributed by atoms with Crippen LogP contribution in [0.2, 0.25) is 0 Å². The molecule has 1 heterocycles. The number of nitrogens with zero attached hydrogens (tertiary/aromatic N) is 2. The lowest BCUT2D eigenvalue weighted by atomic mass is 10.1. The predicted octanol–water partition coefficient (Wildman–Crippen LogP) is 3.48. The van der Waals surface area contributed by atoms with Crippen molar-refractivity contribution in [1.82, 2.24) is 14.9 Å². The molecule has 0 aliphatic heterocycles. The van der Waals surface area contributed by atoms with Crippen molar-refractivity contribution in [3.63, 3.8) is 0 Å². The minimum atomic E-state index is -0.297. The molecule has 3 rings (SSSR count). The number of nitrogens with one attached hydrogen (secondary N) is 1. The van der Waals surface area contributed by atoms with Gasteiger partial charge in [0.15, 0.2) is 0 Å². The van der Waals surface area contributed by atoms with Gasteiger partial charge in [-0.3, -0.25) is 4.79 Å². The molecule has 1 amide bonds. The number of imidazole rings is 1. The van der Waals surface area contributed by atoms with E-state index in [1.807, 2.05) is 35.0 Å². The molecule has 0 spiro atoms. The van der Waals surface area contributed by atoms with Crippen molar-refractivity contribution in [3.8, 4) is 0 Å². The van der Waals surface area contributed by atoms with Crippen LogP contribution in [0.15, 0.2) is 72.1 Å². The lowest BCUT2D eigenvalue weighted by Gasteiger charge is -2.07. The van der Waals surface area contributed by atoms with E-state index in [0.29, 0.717) is 11.4 Å². The average Bonchev–Trinajstić information content (AvgIpc) is 3.13. The molecule has 2 aromatic carbocycles. The van der Waals surface area contributed by atoms with E-state index in [9.17, 15) is 9.18 Å². The molecule has 6 heteroatoms. The second-order valence-corrected chi connectivity index (χ2v) is 6.56. The standard InChI is InChI=1S/C19H18FN3OS/c20-17-3-1-2-4-18(17)25-13-19(24)22-11-15-5-7-16(8-6-15)12-23-10-9-21-14-23/h1-10,14H,11-13H2,(H,22,24). The first kappa shape index (κ1) is 17.2. The number of carbonyl (C=O) groups is 1. The third kappa shape index (κ3) is 5.19. The number of halogens is 1. The summed E-state index contributed by atoms with van der Waals surface area (Å²) in [4.78, 5) is 16.4. The first-order valence-electron chi connectivity index (χ1n) is 7.88. The van der Waals surface area contributed by atoms with Gasteiger partial charge < -0.3 is 9.88 Å². The molecule has 0 fully saturated rings. The Labute approximate surface area is 150 Å². The zero-order valence-electron chi connectivity index (χ0n) is 13.6. The molecule has 0 aliphatic carbocycles. The molecule has 0 aliphatic rings. The largest absolute Gasteiger partial charge is 0.351 e. The molecule has 128 valence electrons. The summed E-state index contributed by atoms with van der Waals surface area (Å²) < 4.78 is 15.5. The summed E-state index contributed by atoms with van der Waals surface area (Å²) in [5, 5.41) is 2.86. The van der Waals surface area contributed by atoms with Crippen LogP contribution < -0.4 is 5.32 Å². The Kier molecular flexibility index (Phi) is 5.85. The van der Waals surface area contributed by atoms with Crippen molar-refractivity contribution in [1.29, 1.82) is 0 Å². The van der Waals surface area contributed by atoms with Crippen LogP contribution in [0.3, 0.4) is 0 Å². The minimum Gasteiger partial charge on any atom is -0.351 e. The second kappa shape index (κ2) is 8.48. The van der Waals surface area contributed by atoms with Crippen molar-refractivity contribution in [2.24, 2.45) is 0 Å². The number of hydrogen-bond donors (Lipinski definition) is 1. The Bertz CT molecular complexity index is 819. The van der Waals surface area contributed by atoms with E-state index in [2.05, 4.69) is 10.3 Å². The highest BCUT2D eigenvalue weighted by Gasteiger charge is 2.06. The van der Waals surface area contributed by atoms with E-state index in [1.165, 1.54) is 23.4 Å². The van der Waals surface area contributed by atoms with Crippen molar-refractivity contribution in [3.05, 3.63) is 84.2 Å². The number of hydrogen-bond acceptors (Lipinski definition) is 3. The molecule has 0 saturated carbocycles. The maximum Gasteiger partial charge on any atom is 0.230 e. The normalized spacial score (nSPS) is 10.6. The molecule has 1 N–H and O–H groups in total. The molecule has 1 aromatic heterocycles. The first-order chi connectivity index (χ1) is 12.2. The summed E-state index contributed by atoms with van der Waals surface area (Å²) in [6.45, 7) is 1.23. The molecule has 0 unspecified atom stereocenters. The molecular weight excluding hydrogens is 337 g/mol. The highest BCUT2D eigenvalue weighted by molar-refractivity contribution is 8.00. The van der Waals surface area contributed by atoms with Crippen molar-refractivity contribution in [2.75, 3.05) is 5.75 Å². The van der Waals surface area contributed by atoms with Gasteiger partial charge in [0.25, 0.3) is 0 Å². The van der Waals surface area contributed by atoms with Crippen molar-refractivity contribution >= 4 is 17.7 Å². The average molecular weight is 355 g/mol. The van der Waals surface area contributed by atoms with Crippen LogP contribution in [0.4, 0.5) is 4.39 Å². The fraction of sp³-hybridized carbons (Fsp3) is 0.158. The van der Waals surface area contributed by atoms with Crippen LogP contribution in [0.25, 0.3) is 0 Å². The zero-order chi connectivity index (χ0) is 17.5. The third-order valence-electron chi connectivity index (χ3n) is 3.63. The highest BCUT2D eigenvalue weighted by Crippen LogP contribution is 2.20. The molecular formula is C19H18FN3OS. The number of amides is 1. The summed E-state index contributed by atoms with van der Waals surface area (Å²) >= 11 is 1.20. The Morgan fingerprint density at radius 3 is 2.60 bits per heavy atom. The lowest BCUT2D eigenvalue weighted by molar-refractivity contribution is -0.118. The highest BCUT2D eigenvalue weighted by atomic mass is 32.2. The van der Waals surface area contributed by atoms with Gasteiger partial charge in [-0.1, -0.05) is 36.4 Å². The Balaban J connectivity index is 1.45. The Hall–Kier alpha value is -2.60. The Morgan fingerprint density at radius 1 is 1.12 bits per heavy atom. The maximum atomic E-state index is 13.5. The summed E-state index contributed by atoms with van der Waals surface area (Å²) in [6, 6.07) is 14.5. The van der Waals surface area contributed by atoms with Gasteiger partial charge in [0.2, 0.25) is 5.91 Å². The van der Waals surface area contributed by atoms with E-state index >= 15 is 0 Å².